The first kappa shape index (κ1) is 26.3. The van der Waals surface area contributed by atoms with Gasteiger partial charge in [0.1, 0.15) is 17.2 Å². The van der Waals surface area contributed by atoms with Crippen LogP contribution in [0.5, 0.6) is 17.2 Å². The van der Waals surface area contributed by atoms with Gasteiger partial charge >= 0.3 is 6.18 Å². The topological polar surface area (TPSA) is 86.0 Å². The second-order valence-corrected chi connectivity index (χ2v) is 9.13. The fraction of sp³-hybridized carbons (Fsp3) is 0.241. The Labute approximate surface area is 222 Å². The number of ether oxygens (including phenoxy) is 2. The Balaban J connectivity index is 1.39. The molecule has 1 saturated heterocycles. The second kappa shape index (κ2) is 10.8. The van der Waals surface area contributed by atoms with Crippen molar-refractivity contribution in [1.29, 1.82) is 5.26 Å². The third-order valence-corrected chi connectivity index (χ3v) is 6.65. The smallest absolute Gasteiger partial charge is 0.420 e. The molecule has 2 heterocycles. The lowest BCUT2D eigenvalue weighted by Crippen LogP contribution is -2.42. The Morgan fingerprint density at radius 3 is 2.54 bits per heavy atom. The number of halogens is 3. The SMILES string of the molecule is N#Cc1ccc(Oc2ccc(C=C3C(=O)N(CCN4CCOCC4)c4ccccc43)c(O)c2)c(C(F)(F)F)c1. The molecule has 1 N–H and O–H groups in total. The number of nitrogens with zero attached hydrogens (tertiary/aromatic N) is 3. The van der Waals surface area contributed by atoms with E-state index in [0.717, 1.165) is 30.4 Å². The van der Waals surface area contributed by atoms with Gasteiger partial charge in [-0.05, 0) is 42.5 Å². The van der Waals surface area contributed by atoms with Gasteiger partial charge in [-0.1, -0.05) is 18.2 Å². The normalized spacial score (nSPS) is 16.8. The highest BCUT2D eigenvalue weighted by molar-refractivity contribution is 6.35. The zero-order valence-corrected chi connectivity index (χ0v) is 20.7. The number of nitriles is 1. The highest BCUT2D eigenvalue weighted by Gasteiger charge is 2.35. The van der Waals surface area contributed by atoms with Crippen LogP contribution >= 0.6 is 0 Å². The summed E-state index contributed by atoms with van der Waals surface area (Å²) in [4.78, 5) is 17.4. The average Bonchev–Trinajstić information content (AvgIpc) is 3.19. The number of aromatic hydroxyl groups is 1. The predicted molar refractivity (Wildman–Crippen MR) is 138 cm³/mol. The van der Waals surface area contributed by atoms with Gasteiger partial charge in [0, 0.05) is 48.9 Å². The summed E-state index contributed by atoms with van der Waals surface area (Å²) in [7, 11) is 0. The van der Waals surface area contributed by atoms with Gasteiger partial charge in [0.15, 0.2) is 0 Å². The molecule has 2 aliphatic heterocycles. The number of phenols is 1. The summed E-state index contributed by atoms with van der Waals surface area (Å²) in [6.07, 6.45) is -3.17. The minimum absolute atomic E-state index is 0.0323. The molecule has 39 heavy (non-hydrogen) atoms. The van der Waals surface area contributed by atoms with Crippen molar-refractivity contribution in [2.75, 3.05) is 44.3 Å². The Bertz CT molecular complexity index is 1470. The zero-order chi connectivity index (χ0) is 27.6. The summed E-state index contributed by atoms with van der Waals surface area (Å²) in [6.45, 7) is 4.14. The van der Waals surface area contributed by atoms with Crippen LogP contribution in [0.3, 0.4) is 0 Å². The number of carbonyl (C=O) groups is 1. The van der Waals surface area contributed by atoms with Gasteiger partial charge in [0.2, 0.25) is 0 Å². The summed E-state index contributed by atoms with van der Waals surface area (Å²) in [5.41, 5.74) is 0.977. The van der Waals surface area contributed by atoms with E-state index in [9.17, 15) is 23.1 Å². The number of phenolic OH excluding ortho intramolecular Hbond substituents is 1. The number of fused-ring (bicyclic) bond motifs is 1. The maximum atomic E-state index is 13.5. The van der Waals surface area contributed by atoms with Crippen molar-refractivity contribution in [1.82, 2.24) is 4.90 Å². The lowest BCUT2D eigenvalue weighted by atomic mass is 10.0. The lowest BCUT2D eigenvalue weighted by molar-refractivity contribution is -0.138. The van der Waals surface area contributed by atoms with Crippen molar-refractivity contribution >= 4 is 23.2 Å². The van der Waals surface area contributed by atoms with Gasteiger partial charge in [-0.2, -0.15) is 18.4 Å². The van der Waals surface area contributed by atoms with E-state index in [4.69, 9.17) is 14.7 Å². The summed E-state index contributed by atoms with van der Waals surface area (Å²) in [5.74, 6) is -0.992. The standard InChI is InChI=1S/C29H24F3N3O4/c30-29(31,32)24-15-19(18-33)5-8-27(24)39-21-7-6-20(26(36)17-21)16-23-22-3-1-2-4-25(22)35(28(23)37)10-9-34-11-13-38-14-12-34/h1-8,15-17,36H,9-14H2. The van der Waals surface area contributed by atoms with Gasteiger partial charge in [-0.3, -0.25) is 9.69 Å². The zero-order valence-electron chi connectivity index (χ0n) is 20.7. The number of hydrogen-bond acceptors (Lipinski definition) is 6. The van der Waals surface area contributed by atoms with Crippen molar-refractivity contribution in [3.63, 3.8) is 0 Å². The second-order valence-electron chi connectivity index (χ2n) is 9.13. The fourth-order valence-corrected chi connectivity index (χ4v) is 4.64. The predicted octanol–water partition coefficient (Wildman–Crippen LogP) is 5.29. The third kappa shape index (κ3) is 5.60. The largest absolute Gasteiger partial charge is 0.507 e. The van der Waals surface area contributed by atoms with E-state index < -0.39 is 17.5 Å². The first-order chi connectivity index (χ1) is 18.7. The van der Waals surface area contributed by atoms with Crippen molar-refractivity contribution in [3.8, 4) is 23.3 Å². The van der Waals surface area contributed by atoms with Gasteiger partial charge in [-0.15, -0.1) is 0 Å². The number of rotatable bonds is 6. The van der Waals surface area contributed by atoms with E-state index in [1.165, 1.54) is 24.3 Å². The molecule has 1 fully saturated rings. The minimum atomic E-state index is -4.74. The third-order valence-electron chi connectivity index (χ3n) is 6.65. The molecule has 3 aromatic carbocycles. The Kier molecular flexibility index (Phi) is 7.28. The van der Waals surface area contributed by atoms with Gasteiger partial charge < -0.3 is 19.5 Å². The molecule has 2 aliphatic rings. The van der Waals surface area contributed by atoms with Crippen molar-refractivity contribution in [3.05, 3.63) is 82.9 Å². The van der Waals surface area contributed by atoms with E-state index in [-0.39, 0.29) is 23.0 Å². The number of amides is 1. The van der Waals surface area contributed by atoms with E-state index in [0.29, 0.717) is 43.5 Å². The first-order valence-electron chi connectivity index (χ1n) is 12.3. The number of anilines is 1. The van der Waals surface area contributed by atoms with Crippen molar-refractivity contribution < 1.29 is 32.5 Å². The van der Waals surface area contributed by atoms with E-state index >= 15 is 0 Å². The summed E-state index contributed by atoms with van der Waals surface area (Å²) in [5, 5.41) is 19.6. The van der Waals surface area contributed by atoms with Gasteiger partial charge in [-0.25, -0.2) is 0 Å². The van der Waals surface area contributed by atoms with Crippen LogP contribution in [0.15, 0.2) is 60.7 Å². The summed E-state index contributed by atoms with van der Waals surface area (Å²) >= 11 is 0. The molecule has 5 rings (SSSR count). The molecular formula is C29H24F3N3O4. The minimum Gasteiger partial charge on any atom is -0.507 e. The Morgan fingerprint density at radius 1 is 1.05 bits per heavy atom. The lowest BCUT2D eigenvalue weighted by Gasteiger charge is -2.28. The maximum absolute atomic E-state index is 13.5. The highest BCUT2D eigenvalue weighted by Crippen LogP contribution is 2.41. The molecule has 0 spiro atoms. The van der Waals surface area contributed by atoms with Crippen LogP contribution in [-0.4, -0.2) is 55.3 Å². The number of hydrogen-bond donors (Lipinski definition) is 1. The molecule has 0 atom stereocenters. The fourth-order valence-electron chi connectivity index (χ4n) is 4.64. The van der Waals surface area contributed by atoms with Crippen LogP contribution in [0.4, 0.5) is 18.9 Å². The van der Waals surface area contributed by atoms with E-state index in [1.807, 2.05) is 24.3 Å². The molecule has 1 amide bonds. The number of carbonyl (C=O) groups excluding carboxylic acids is 1. The molecule has 0 saturated carbocycles. The first-order valence-corrected chi connectivity index (χ1v) is 12.3. The van der Waals surface area contributed by atoms with Crippen LogP contribution in [0, 0.1) is 11.3 Å². The van der Waals surface area contributed by atoms with Crippen LogP contribution in [0.1, 0.15) is 22.3 Å². The summed E-state index contributed by atoms with van der Waals surface area (Å²) in [6, 6.07) is 16.1. The number of para-hydroxylation sites is 1. The van der Waals surface area contributed by atoms with Crippen LogP contribution < -0.4 is 9.64 Å². The van der Waals surface area contributed by atoms with Gasteiger partial charge in [0.05, 0.1) is 36.1 Å². The number of benzene rings is 3. The molecule has 0 aliphatic carbocycles. The molecule has 3 aromatic rings. The Morgan fingerprint density at radius 2 is 1.82 bits per heavy atom. The van der Waals surface area contributed by atoms with Crippen LogP contribution in [0.25, 0.3) is 11.6 Å². The highest BCUT2D eigenvalue weighted by atomic mass is 19.4. The van der Waals surface area contributed by atoms with Crippen molar-refractivity contribution in [2.24, 2.45) is 0 Å². The van der Waals surface area contributed by atoms with E-state index in [1.54, 1.807) is 17.0 Å². The molecule has 0 unspecified atom stereocenters. The van der Waals surface area contributed by atoms with Crippen LogP contribution in [-0.2, 0) is 15.7 Å². The van der Waals surface area contributed by atoms with Gasteiger partial charge in [0.25, 0.3) is 5.91 Å². The summed E-state index contributed by atoms with van der Waals surface area (Å²) < 4.78 is 51.3. The monoisotopic (exact) mass is 535 g/mol. The molecule has 10 heteroatoms. The molecule has 200 valence electrons. The molecular weight excluding hydrogens is 511 g/mol. The molecule has 0 bridgehead atoms. The molecule has 7 nitrogen and oxygen atoms in total. The average molecular weight is 536 g/mol. The molecule has 0 aromatic heterocycles. The number of morpholine rings is 1. The van der Waals surface area contributed by atoms with Crippen molar-refractivity contribution in [2.45, 2.75) is 6.18 Å². The maximum Gasteiger partial charge on any atom is 0.420 e. The molecule has 0 radical (unpaired) electrons. The quantitative estimate of drug-likeness (QED) is 0.432. The van der Waals surface area contributed by atoms with E-state index in [2.05, 4.69) is 4.90 Å². The van der Waals surface area contributed by atoms with Crippen LogP contribution in [0.2, 0.25) is 0 Å². The number of alkyl halides is 3. The Hall–Kier alpha value is -4.33.